The molecule has 6 aromatic rings. The Balaban J connectivity index is 1.76. The average Bonchev–Trinajstić information content (AvgIpc) is 3.20. The normalized spacial score (nSPS) is 11.9. The molecule has 1 aliphatic carbocycles. The summed E-state index contributed by atoms with van der Waals surface area (Å²) in [6.07, 6.45) is 0. The molecule has 0 heterocycles. The maximum atomic E-state index is 6.31. The molecule has 2 heteroatoms. The van der Waals surface area contributed by atoms with Gasteiger partial charge in [-0.1, -0.05) is 102 Å². The lowest BCUT2D eigenvalue weighted by molar-refractivity contribution is 1.52. The molecule has 0 amide bonds. The fraction of sp³-hybridized carbons (Fsp3) is 0.0303. The summed E-state index contributed by atoms with van der Waals surface area (Å²) in [7, 11) is 0. The van der Waals surface area contributed by atoms with E-state index in [1.807, 2.05) is 24.3 Å². The number of rotatable bonds is 2. The molecule has 0 aromatic heterocycles. The second kappa shape index (κ2) is 7.71. The maximum absolute atomic E-state index is 6.31. The standard InChI is InChI=1S/C33H20Cl2/c1-19-5-2-8-25-28(19)31(22-13-17-24(35)18-14-22)33-27-10-4-7-20-6-3-9-26(29(20)27)32(33)30(25)21-11-15-23(34)16-12-21/h2-18H,1H3. The fourth-order valence-corrected chi connectivity index (χ4v) is 6.09. The molecular formula is C33H20Cl2. The van der Waals surface area contributed by atoms with E-state index in [-0.39, 0.29) is 0 Å². The van der Waals surface area contributed by atoms with E-state index in [0.717, 1.165) is 10.0 Å². The number of hydrogen-bond donors (Lipinski definition) is 0. The van der Waals surface area contributed by atoms with Gasteiger partial charge >= 0.3 is 0 Å². The minimum absolute atomic E-state index is 0.744. The van der Waals surface area contributed by atoms with Gasteiger partial charge in [-0.2, -0.15) is 0 Å². The third kappa shape index (κ3) is 3.01. The minimum atomic E-state index is 0.744. The van der Waals surface area contributed by atoms with E-state index in [1.165, 1.54) is 71.6 Å². The highest BCUT2D eigenvalue weighted by molar-refractivity contribution is 6.31. The van der Waals surface area contributed by atoms with Crippen LogP contribution in [0.2, 0.25) is 10.0 Å². The van der Waals surface area contributed by atoms with Crippen molar-refractivity contribution in [3.05, 3.63) is 119 Å². The van der Waals surface area contributed by atoms with Crippen LogP contribution in [0.15, 0.2) is 103 Å². The van der Waals surface area contributed by atoms with Gasteiger partial charge in [0, 0.05) is 10.0 Å². The van der Waals surface area contributed by atoms with Crippen molar-refractivity contribution in [2.75, 3.05) is 0 Å². The van der Waals surface area contributed by atoms with Crippen LogP contribution >= 0.6 is 23.2 Å². The zero-order valence-corrected chi connectivity index (χ0v) is 20.6. The average molecular weight is 487 g/mol. The van der Waals surface area contributed by atoms with Gasteiger partial charge in [0.25, 0.3) is 0 Å². The fourth-order valence-electron chi connectivity index (χ4n) is 5.84. The topological polar surface area (TPSA) is 0 Å². The summed E-state index contributed by atoms with van der Waals surface area (Å²) in [6, 6.07) is 36.5. The third-order valence-corrected chi connectivity index (χ3v) is 7.76. The summed E-state index contributed by atoms with van der Waals surface area (Å²) in [5.74, 6) is 0. The van der Waals surface area contributed by atoms with Gasteiger partial charge in [0.15, 0.2) is 0 Å². The van der Waals surface area contributed by atoms with Crippen LogP contribution in [0.3, 0.4) is 0 Å². The second-order valence-electron chi connectivity index (χ2n) is 9.22. The van der Waals surface area contributed by atoms with E-state index in [9.17, 15) is 0 Å². The molecule has 1 aliphatic rings. The minimum Gasteiger partial charge on any atom is -0.0843 e. The molecule has 0 N–H and O–H groups in total. The molecule has 0 saturated heterocycles. The first-order valence-electron chi connectivity index (χ1n) is 11.8. The van der Waals surface area contributed by atoms with Gasteiger partial charge < -0.3 is 0 Å². The number of aryl methyl sites for hydroxylation is 1. The molecule has 6 aromatic carbocycles. The van der Waals surface area contributed by atoms with Crippen LogP contribution in [0, 0.1) is 6.92 Å². The Morgan fingerprint density at radius 1 is 0.457 bits per heavy atom. The molecule has 0 atom stereocenters. The van der Waals surface area contributed by atoms with Crippen molar-refractivity contribution in [2.45, 2.75) is 6.92 Å². The number of halogens is 2. The predicted octanol–water partition coefficient (Wildman–Crippen LogP) is 10.6. The lowest BCUT2D eigenvalue weighted by Crippen LogP contribution is -1.95. The first-order valence-corrected chi connectivity index (χ1v) is 12.5. The summed E-state index contributed by atoms with van der Waals surface area (Å²) in [4.78, 5) is 0. The summed E-state index contributed by atoms with van der Waals surface area (Å²) in [5.41, 5.74) is 11.3. The number of benzene rings is 6. The zero-order valence-electron chi connectivity index (χ0n) is 19.1. The highest BCUT2D eigenvalue weighted by Crippen LogP contribution is 2.57. The SMILES string of the molecule is Cc1cccc2c(-c3ccc(Cl)cc3)c3c(c(-c4ccc(Cl)cc4)c12)-c1cccc2cccc-3c12. The van der Waals surface area contributed by atoms with Crippen LogP contribution in [0.5, 0.6) is 0 Å². The maximum Gasteiger partial charge on any atom is 0.0406 e. The van der Waals surface area contributed by atoms with Gasteiger partial charge in [-0.05, 0) is 103 Å². The third-order valence-electron chi connectivity index (χ3n) is 7.25. The summed E-state index contributed by atoms with van der Waals surface area (Å²) in [5, 5.41) is 6.61. The molecule has 0 nitrogen and oxygen atoms in total. The monoisotopic (exact) mass is 486 g/mol. The van der Waals surface area contributed by atoms with E-state index in [0.29, 0.717) is 0 Å². The molecule has 7 rings (SSSR count). The van der Waals surface area contributed by atoms with Crippen LogP contribution < -0.4 is 0 Å². The van der Waals surface area contributed by atoms with Crippen molar-refractivity contribution in [1.29, 1.82) is 0 Å². The van der Waals surface area contributed by atoms with Crippen molar-refractivity contribution < 1.29 is 0 Å². The Kier molecular flexibility index (Phi) is 4.58. The molecule has 35 heavy (non-hydrogen) atoms. The quantitative estimate of drug-likeness (QED) is 0.228. The Morgan fingerprint density at radius 3 is 1.57 bits per heavy atom. The van der Waals surface area contributed by atoms with Crippen LogP contribution in [0.25, 0.3) is 66.1 Å². The summed E-state index contributed by atoms with van der Waals surface area (Å²) in [6.45, 7) is 2.21. The smallest absolute Gasteiger partial charge is 0.0406 e. The zero-order chi connectivity index (χ0) is 23.7. The second-order valence-corrected chi connectivity index (χ2v) is 10.1. The van der Waals surface area contributed by atoms with Crippen LogP contribution in [-0.4, -0.2) is 0 Å². The van der Waals surface area contributed by atoms with Crippen LogP contribution in [0.1, 0.15) is 5.56 Å². The largest absolute Gasteiger partial charge is 0.0843 e. The van der Waals surface area contributed by atoms with E-state index in [2.05, 4.69) is 85.8 Å². The Bertz CT molecular complexity index is 1790. The van der Waals surface area contributed by atoms with Crippen LogP contribution in [-0.2, 0) is 0 Å². The van der Waals surface area contributed by atoms with Crippen molar-refractivity contribution in [3.8, 4) is 44.5 Å². The van der Waals surface area contributed by atoms with Gasteiger partial charge in [-0.25, -0.2) is 0 Å². The van der Waals surface area contributed by atoms with Crippen molar-refractivity contribution >= 4 is 44.7 Å². The van der Waals surface area contributed by atoms with Crippen molar-refractivity contribution in [2.24, 2.45) is 0 Å². The van der Waals surface area contributed by atoms with Crippen molar-refractivity contribution in [1.82, 2.24) is 0 Å². The first kappa shape index (κ1) is 20.8. The number of fused-ring (bicyclic) bond motifs is 4. The molecular weight excluding hydrogens is 467 g/mol. The molecule has 0 aliphatic heterocycles. The molecule has 0 bridgehead atoms. The Labute approximate surface area is 214 Å². The molecule has 0 radical (unpaired) electrons. The van der Waals surface area contributed by atoms with Gasteiger partial charge in [-0.3, -0.25) is 0 Å². The first-order chi connectivity index (χ1) is 17.1. The van der Waals surface area contributed by atoms with Gasteiger partial charge in [0.05, 0.1) is 0 Å². The van der Waals surface area contributed by atoms with Gasteiger partial charge in [0.2, 0.25) is 0 Å². The predicted molar refractivity (Wildman–Crippen MR) is 152 cm³/mol. The van der Waals surface area contributed by atoms with E-state index in [1.54, 1.807) is 0 Å². The summed E-state index contributed by atoms with van der Waals surface area (Å²) >= 11 is 12.6. The van der Waals surface area contributed by atoms with Gasteiger partial charge in [0.1, 0.15) is 0 Å². The van der Waals surface area contributed by atoms with Crippen molar-refractivity contribution in [3.63, 3.8) is 0 Å². The lowest BCUT2D eigenvalue weighted by Gasteiger charge is -2.21. The molecule has 0 saturated carbocycles. The Hall–Kier alpha value is -3.58. The van der Waals surface area contributed by atoms with E-state index in [4.69, 9.17) is 23.2 Å². The molecule has 0 spiro atoms. The lowest BCUT2D eigenvalue weighted by atomic mass is 9.81. The molecule has 0 fully saturated rings. The van der Waals surface area contributed by atoms with Gasteiger partial charge in [-0.15, -0.1) is 0 Å². The summed E-state index contributed by atoms with van der Waals surface area (Å²) < 4.78 is 0. The Morgan fingerprint density at radius 2 is 0.971 bits per heavy atom. The highest BCUT2D eigenvalue weighted by Gasteiger charge is 2.30. The van der Waals surface area contributed by atoms with E-state index < -0.39 is 0 Å². The van der Waals surface area contributed by atoms with E-state index >= 15 is 0 Å². The molecule has 166 valence electrons. The highest BCUT2D eigenvalue weighted by atomic mass is 35.5. The van der Waals surface area contributed by atoms with Crippen LogP contribution in [0.4, 0.5) is 0 Å². The number of hydrogen-bond acceptors (Lipinski definition) is 0. The molecule has 0 unspecified atom stereocenters.